The van der Waals surface area contributed by atoms with Crippen molar-refractivity contribution in [2.45, 2.75) is 52.1 Å². The molecule has 6 nitrogen and oxygen atoms in total. The summed E-state index contributed by atoms with van der Waals surface area (Å²) in [6.45, 7) is 6.01. The average Bonchev–Trinajstić information content (AvgIpc) is 2.36. The third-order valence-corrected chi connectivity index (χ3v) is 6.03. The van der Waals surface area contributed by atoms with Crippen molar-refractivity contribution in [3.8, 4) is 0 Å². The molecular weight excluding hydrogens is 268 g/mol. The fourth-order valence-electron chi connectivity index (χ4n) is 2.22. The third kappa shape index (κ3) is 3.46. The summed E-state index contributed by atoms with van der Waals surface area (Å²) in [5, 5.41) is 9.18. The molecule has 1 aliphatic heterocycles. The second kappa shape index (κ2) is 6.19. The highest BCUT2D eigenvalue weighted by Crippen LogP contribution is 2.24. The monoisotopic (exact) mass is 292 g/mol. The summed E-state index contributed by atoms with van der Waals surface area (Å²) < 4.78 is 27.5. The predicted octanol–water partition coefficient (Wildman–Crippen LogP) is 1.15. The molecule has 0 aromatic carbocycles. The standard InChI is InChI=1S/C12H24N2O4S/c1-9(2)10(3)13(4)19(17,18)14-8-6-5-7-11(14)12(15)16/h9-11H,5-8H2,1-4H3,(H,15,16). The van der Waals surface area contributed by atoms with E-state index in [-0.39, 0.29) is 18.5 Å². The number of carbonyl (C=O) groups is 1. The number of hydrogen-bond acceptors (Lipinski definition) is 3. The van der Waals surface area contributed by atoms with Gasteiger partial charge in [-0.2, -0.15) is 17.0 Å². The molecule has 112 valence electrons. The summed E-state index contributed by atoms with van der Waals surface area (Å²) in [7, 11) is -2.19. The minimum atomic E-state index is -3.71. The molecular formula is C12H24N2O4S. The molecule has 7 heteroatoms. The summed E-state index contributed by atoms with van der Waals surface area (Å²) in [6, 6.07) is -1.10. The number of piperidine rings is 1. The van der Waals surface area contributed by atoms with Gasteiger partial charge in [0.15, 0.2) is 0 Å². The fourth-order valence-corrected chi connectivity index (χ4v) is 4.09. The van der Waals surface area contributed by atoms with Crippen LogP contribution >= 0.6 is 0 Å². The lowest BCUT2D eigenvalue weighted by Crippen LogP contribution is -2.54. The first-order chi connectivity index (χ1) is 8.69. The van der Waals surface area contributed by atoms with Gasteiger partial charge in [-0.25, -0.2) is 0 Å². The van der Waals surface area contributed by atoms with Crippen molar-refractivity contribution in [2.24, 2.45) is 5.92 Å². The lowest BCUT2D eigenvalue weighted by Gasteiger charge is -2.37. The van der Waals surface area contributed by atoms with Crippen LogP contribution in [0.5, 0.6) is 0 Å². The Morgan fingerprint density at radius 3 is 2.37 bits per heavy atom. The number of hydrogen-bond donors (Lipinski definition) is 1. The lowest BCUT2D eigenvalue weighted by molar-refractivity contribution is -0.142. The molecule has 1 N–H and O–H groups in total. The van der Waals surface area contributed by atoms with E-state index in [9.17, 15) is 18.3 Å². The van der Waals surface area contributed by atoms with Crippen LogP contribution in [0.25, 0.3) is 0 Å². The van der Waals surface area contributed by atoms with Gasteiger partial charge in [-0.05, 0) is 32.1 Å². The number of aliphatic carboxylic acids is 1. The number of carboxylic acid groups (broad SMARTS) is 1. The second-order valence-corrected chi connectivity index (χ2v) is 7.41. The van der Waals surface area contributed by atoms with E-state index < -0.39 is 22.2 Å². The van der Waals surface area contributed by atoms with E-state index in [0.29, 0.717) is 12.8 Å². The molecule has 0 radical (unpaired) electrons. The molecule has 19 heavy (non-hydrogen) atoms. The van der Waals surface area contributed by atoms with E-state index in [1.807, 2.05) is 20.8 Å². The molecule has 1 fully saturated rings. The van der Waals surface area contributed by atoms with Gasteiger partial charge in [-0.15, -0.1) is 0 Å². The topological polar surface area (TPSA) is 77.9 Å². The fraction of sp³-hybridized carbons (Fsp3) is 0.917. The molecule has 0 aromatic heterocycles. The zero-order valence-electron chi connectivity index (χ0n) is 12.0. The van der Waals surface area contributed by atoms with Crippen LogP contribution in [-0.4, -0.2) is 53.8 Å². The average molecular weight is 292 g/mol. The van der Waals surface area contributed by atoms with Gasteiger partial charge in [0.05, 0.1) is 0 Å². The Bertz CT molecular complexity index is 421. The number of carboxylic acids is 1. The van der Waals surface area contributed by atoms with E-state index in [2.05, 4.69) is 0 Å². The first kappa shape index (κ1) is 16.4. The van der Waals surface area contributed by atoms with Crippen LogP contribution in [0.15, 0.2) is 0 Å². The van der Waals surface area contributed by atoms with E-state index in [1.165, 1.54) is 11.4 Å². The molecule has 0 aliphatic carbocycles. The van der Waals surface area contributed by atoms with Crippen LogP contribution in [0.2, 0.25) is 0 Å². The van der Waals surface area contributed by atoms with E-state index in [1.54, 1.807) is 0 Å². The molecule has 0 bridgehead atoms. The minimum Gasteiger partial charge on any atom is -0.480 e. The highest BCUT2D eigenvalue weighted by molar-refractivity contribution is 7.86. The summed E-state index contributed by atoms with van der Waals surface area (Å²) in [5.74, 6) is -0.887. The molecule has 0 amide bonds. The van der Waals surface area contributed by atoms with Crippen molar-refractivity contribution in [3.05, 3.63) is 0 Å². The van der Waals surface area contributed by atoms with E-state index in [4.69, 9.17) is 0 Å². The van der Waals surface area contributed by atoms with Crippen LogP contribution in [0, 0.1) is 5.92 Å². The molecule has 2 unspecified atom stereocenters. The predicted molar refractivity (Wildman–Crippen MR) is 73.0 cm³/mol. The Labute approximate surface area is 115 Å². The second-order valence-electron chi connectivity index (χ2n) is 5.47. The zero-order valence-corrected chi connectivity index (χ0v) is 12.9. The van der Waals surface area contributed by atoms with Crippen molar-refractivity contribution in [3.63, 3.8) is 0 Å². The van der Waals surface area contributed by atoms with Crippen LogP contribution < -0.4 is 0 Å². The van der Waals surface area contributed by atoms with Gasteiger partial charge in [-0.3, -0.25) is 4.79 Å². The molecule has 0 aromatic rings. The van der Waals surface area contributed by atoms with Crippen molar-refractivity contribution in [2.75, 3.05) is 13.6 Å². The largest absolute Gasteiger partial charge is 0.480 e. The van der Waals surface area contributed by atoms with Gasteiger partial charge in [0.25, 0.3) is 10.2 Å². The van der Waals surface area contributed by atoms with Gasteiger partial charge >= 0.3 is 5.97 Å². The smallest absolute Gasteiger partial charge is 0.322 e. The van der Waals surface area contributed by atoms with Gasteiger partial charge in [-0.1, -0.05) is 13.8 Å². The molecule has 0 spiro atoms. The Hall–Kier alpha value is -0.660. The van der Waals surface area contributed by atoms with Crippen molar-refractivity contribution >= 4 is 16.2 Å². The number of nitrogens with zero attached hydrogens (tertiary/aromatic N) is 2. The molecule has 2 atom stereocenters. The summed E-state index contributed by atoms with van der Waals surface area (Å²) in [4.78, 5) is 11.2. The van der Waals surface area contributed by atoms with Crippen molar-refractivity contribution < 1.29 is 18.3 Å². The maximum atomic E-state index is 12.5. The summed E-state index contributed by atoms with van der Waals surface area (Å²) in [5.41, 5.74) is 0. The van der Waals surface area contributed by atoms with Crippen LogP contribution in [0.4, 0.5) is 0 Å². The van der Waals surface area contributed by atoms with E-state index in [0.717, 1.165) is 10.7 Å². The third-order valence-electron chi connectivity index (χ3n) is 3.94. The van der Waals surface area contributed by atoms with Crippen molar-refractivity contribution in [1.29, 1.82) is 0 Å². The van der Waals surface area contributed by atoms with E-state index >= 15 is 0 Å². The molecule has 1 heterocycles. The molecule has 0 saturated carbocycles. The Kier molecular flexibility index (Phi) is 5.34. The van der Waals surface area contributed by atoms with Gasteiger partial charge in [0.2, 0.25) is 0 Å². The van der Waals surface area contributed by atoms with Crippen LogP contribution in [0.1, 0.15) is 40.0 Å². The van der Waals surface area contributed by atoms with Gasteiger partial charge in [0, 0.05) is 19.6 Å². The molecule has 1 aliphatic rings. The SMILES string of the molecule is CC(C)C(C)N(C)S(=O)(=O)N1CCCCC1C(=O)O. The Morgan fingerprint density at radius 2 is 1.89 bits per heavy atom. The minimum absolute atomic E-state index is 0.165. The van der Waals surface area contributed by atoms with Crippen LogP contribution in [0.3, 0.4) is 0 Å². The quantitative estimate of drug-likeness (QED) is 0.824. The zero-order chi connectivity index (χ0) is 14.8. The summed E-state index contributed by atoms with van der Waals surface area (Å²) in [6.07, 6.45) is 1.86. The molecule has 1 rings (SSSR count). The highest BCUT2D eigenvalue weighted by atomic mass is 32.2. The maximum Gasteiger partial charge on any atom is 0.322 e. The van der Waals surface area contributed by atoms with Crippen molar-refractivity contribution in [1.82, 2.24) is 8.61 Å². The first-order valence-electron chi connectivity index (χ1n) is 6.67. The van der Waals surface area contributed by atoms with Gasteiger partial charge < -0.3 is 5.11 Å². The van der Waals surface area contributed by atoms with Gasteiger partial charge in [0.1, 0.15) is 6.04 Å². The lowest BCUT2D eigenvalue weighted by atomic mass is 10.1. The maximum absolute atomic E-state index is 12.5. The number of rotatable bonds is 5. The molecule has 1 saturated heterocycles. The Morgan fingerprint density at radius 1 is 1.32 bits per heavy atom. The first-order valence-corrected chi connectivity index (χ1v) is 8.07. The summed E-state index contributed by atoms with van der Waals surface area (Å²) >= 11 is 0. The van der Waals surface area contributed by atoms with Crippen LogP contribution in [-0.2, 0) is 15.0 Å². The highest BCUT2D eigenvalue weighted by Gasteiger charge is 2.40. The Balaban J connectivity index is 3.00. The normalized spacial score (nSPS) is 23.8.